The van der Waals surface area contributed by atoms with E-state index in [0.717, 1.165) is 26.2 Å². The van der Waals surface area contributed by atoms with Gasteiger partial charge in [0.15, 0.2) is 0 Å². The molecule has 0 unspecified atom stereocenters. The van der Waals surface area contributed by atoms with Crippen molar-refractivity contribution in [2.75, 3.05) is 17.1 Å². The van der Waals surface area contributed by atoms with Crippen LogP contribution in [0.15, 0.2) is 77.3 Å². The van der Waals surface area contributed by atoms with Crippen LogP contribution in [0.3, 0.4) is 0 Å². The van der Waals surface area contributed by atoms with Crippen LogP contribution in [0.1, 0.15) is 37.5 Å². The topological polar surface area (TPSA) is 86.8 Å². The number of carbonyl (C=O) groups excluding carboxylic acids is 2. The molecule has 40 heavy (non-hydrogen) atoms. The third kappa shape index (κ3) is 9.08. The normalized spacial score (nSPS) is 12.5. The van der Waals surface area contributed by atoms with Gasteiger partial charge in [-0.15, -0.1) is 0 Å². The summed E-state index contributed by atoms with van der Waals surface area (Å²) in [6.45, 7) is 6.97. The number of carbonyl (C=O) groups is 2. The molecule has 1 N–H and O–H groups in total. The lowest BCUT2D eigenvalue weighted by Crippen LogP contribution is -2.56. The van der Waals surface area contributed by atoms with Gasteiger partial charge in [-0.3, -0.25) is 13.9 Å². The van der Waals surface area contributed by atoms with Crippen LogP contribution in [0.2, 0.25) is 5.02 Å². The number of benzene rings is 3. The molecule has 0 aliphatic carbocycles. The monoisotopic (exact) mass is 647 g/mol. The van der Waals surface area contributed by atoms with Gasteiger partial charge in [-0.25, -0.2) is 8.42 Å². The molecule has 0 saturated carbocycles. The molecule has 1 atom stereocenters. The predicted octanol–water partition coefficient (Wildman–Crippen LogP) is 5.73. The number of sulfonamides is 1. The van der Waals surface area contributed by atoms with Gasteiger partial charge in [0.25, 0.3) is 0 Å². The van der Waals surface area contributed by atoms with Crippen molar-refractivity contribution in [1.82, 2.24) is 10.2 Å². The molecule has 2 amide bonds. The van der Waals surface area contributed by atoms with Gasteiger partial charge < -0.3 is 10.2 Å². The van der Waals surface area contributed by atoms with Crippen molar-refractivity contribution >= 4 is 55.1 Å². The molecule has 0 saturated heterocycles. The Kier molecular flexibility index (Phi) is 10.4. The molecule has 10 heteroatoms. The molecule has 7 nitrogen and oxygen atoms in total. The Balaban J connectivity index is 2.10. The molecule has 0 aromatic heterocycles. The molecule has 0 spiro atoms. The minimum absolute atomic E-state index is 0.0967. The highest BCUT2D eigenvalue weighted by atomic mass is 79.9. The zero-order chi connectivity index (χ0) is 29.7. The van der Waals surface area contributed by atoms with Crippen molar-refractivity contribution in [3.8, 4) is 0 Å². The molecule has 214 valence electrons. The van der Waals surface area contributed by atoms with Gasteiger partial charge in [0, 0.05) is 28.0 Å². The highest BCUT2D eigenvalue weighted by molar-refractivity contribution is 9.10. The number of amides is 2. The second-order valence-electron chi connectivity index (χ2n) is 10.8. The first-order chi connectivity index (χ1) is 18.6. The summed E-state index contributed by atoms with van der Waals surface area (Å²) in [5.41, 5.74) is 2.06. The van der Waals surface area contributed by atoms with Crippen LogP contribution in [0.4, 0.5) is 5.69 Å². The molecule has 0 fully saturated rings. The van der Waals surface area contributed by atoms with E-state index in [1.54, 1.807) is 19.1 Å². The molecule has 3 aromatic rings. The smallest absolute Gasteiger partial charge is 0.244 e. The average Bonchev–Trinajstić information content (AvgIpc) is 2.85. The second-order valence-corrected chi connectivity index (χ2v) is 14.1. The van der Waals surface area contributed by atoms with E-state index in [1.165, 1.54) is 11.0 Å². The van der Waals surface area contributed by atoms with Crippen LogP contribution in [0.25, 0.3) is 0 Å². The Labute approximate surface area is 250 Å². The van der Waals surface area contributed by atoms with E-state index in [1.807, 2.05) is 75.4 Å². The number of anilines is 1. The Morgan fingerprint density at radius 3 is 2.23 bits per heavy atom. The lowest BCUT2D eigenvalue weighted by Gasteiger charge is -2.35. The summed E-state index contributed by atoms with van der Waals surface area (Å²) in [7, 11) is -3.88. The fourth-order valence-corrected chi connectivity index (χ4v) is 5.80. The van der Waals surface area contributed by atoms with Crippen LogP contribution in [0, 0.1) is 6.92 Å². The molecule has 0 radical (unpaired) electrons. The summed E-state index contributed by atoms with van der Waals surface area (Å²) in [6.07, 6.45) is 1.30. The first-order valence-electron chi connectivity index (χ1n) is 12.8. The van der Waals surface area contributed by atoms with Gasteiger partial charge >= 0.3 is 0 Å². The maximum Gasteiger partial charge on any atom is 0.244 e. The standard InChI is InChI=1S/C30H35BrClN3O4S/c1-21-14-15-25(32)18-26(21)35(40(5,38)39)20-28(36)34(19-23-12-9-13-24(31)16-23)27(29(37)33-30(2,3)4)17-22-10-7-6-8-11-22/h6-16,18,27H,17,19-20H2,1-5H3,(H,33,37)/t27-/m1/s1. The number of hydrogen-bond acceptors (Lipinski definition) is 4. The number of nitrogens with zero attached hydrogens (tertiary/aromatic N) is 2. The van der Waals surface area contributed by atoms with E-state index in [2.05, 4.69) is 21.2 Å². The molecule has 0 aliphatic heterocycles. The van der Waals surface area contributed by atoms with Crippen molar-refractivity contribution in [1.29, 1.82) is 0 Å². The SMILES string of the molecule is Cc1ccc(Cl)cc1N(CC(=O)N(Cc1cccc(Br)c1)[C@H](Cc1ccccc1)C(=O)NC(C)(C)C)S(C)(=O)=O. The third-order valence-corrected chi connectivity index (χ3v) is 7.99. The van der Waals surface area contributed by atoms with Crippen molar-refractivity contribution in [3.63, 3.8) is 0 Å². The van der Waals surface area contributed by atoms with Crippen molar-refractivity contribution in [3.05, 3.63) is 99.0 Å². The van der Waals surface area contributed by atoms with E-state index in [4.69, 9.17) is 11.6 Å². The zero-order valence-corrected chi connectivity index (χ0v) is 26.5. The van der Waals surface area contributed by atoms with Crippen molar-refractivity contribution in [2.45, 2.75) is 52.2 Å². The van der Waals surface area contributed by atoms with Crippen LogP contribution >= 0.6 is 27.5 Å². The van der Waals surface area contributed by atoms with E-state index in [0.29, 0.717) is 16.3 Å². The molecular weight excluding hydrogens is 614 g/mol. The van der Waals surface area contributed by atoms with Crippen molar-refractivity contribution < 1.29 is 18.0 Å². The number of hydrogen-bond donors (Lipinski definition) is 1. The van der Waals surface area contributed by atoms with E-state index in [9.17, 15) is 18.0 Å². The molecular formula is C30H35BrClN3O4S. The summed E-state index contributed by atoms with van der Waals surface area (Å²) >= 11 is 9.68. The summed E-state index contributed by atoms with van der Waals surface area (Å²) < 4.78 is 27.8. The minimum Gasteiger partial charge on any atom is -0.350 e. The van der Waals surface area contributed by atoms with E-state index >= 15 is 0 Å². The Hall–Kier alpha value is -2.88. The lowest BCUT2D eigenvalue weighted by molar-refractivity contribution is -0.140. The Morgan fingerprint density at radius 2 is 1.62 bits per heavy atom. The minimum atomic E-state index is -3.88. The number of nitrogens with one attached hydrogen (secondary N) is 1. The first kappa shape index (κ1) is 31.6. The maximum atomic E-state index is 14.2. The summed E-state index contributed by atoms with van der Waals surface area (Å²) in [6, 6.07) is 20.9. The number of rotatable bonds is 10. The Morgan fingerprint density at radius 1 is 0.975 bits per heavy atom. The average molecular weight is 649 g/mol. The quantitative estimate of drug-likeness (QED) is 0.304. The summed E-state index contributed by atoms with van der Waals surface area (Å²) in [5, 5.41) is 3.36. The van der Waals surface area contributed by atoms with E-state index < -0.39 is 34.1 Å². The van der Waals surface area contributed by atoms with Gasteiger partial charge in [-0.1, -0.05) is 76.1 Å². The highest BCUT2D eigenvalue weighted by Gasteiger charge is 2.34. The largest absolute Gasteiger partial charge is 0.350 e. The molecule has 0 bridgehead atoms. The van der Waals surface area contributed by atoms with Crippen LogP contribution in [0.5, 0.6) is 0 Å². The third-order valence-electron chi connectivity index (χ3n) is 6.13. The Bertz CT molecular complexity index is 1460. The lowest BCUT2D eigenvalue weighted by atomic mass is 10.0. The van der Waals surface area contributed by atoms with Crippen molar-refractivity contribution in [2.24, 2.45) is 0 Å². The summed E-state index contributed by atoms with van der Waals surface area (Å²) in [4.78, 5) is 29.4. The van der Waals surface area contributed by atoms with Gasteiger partial charge in [0.1, 0.15) is 12.6 Å². The van der Waals surface area contributed by atoms with Crippen LogP contribution in [-0.4, -0.2) is 49.5 Å². The summed E-state index contributed by atoms with van der Waals surface area (Å²) in [5.74, 6) is -0.848. The van der Waals surface area contributed by atoms with Crippen LogP contribution < -0.4 is 9.62 Å². The predicted molar refractivity (Wildman–Crippen MR) is 165 cm³/mol. The molecule has 0 aliphatic rings. The van der Waals surface area contributed by atoms with Gasteiger partial charge in [0.05, 0.1) is 11.9 Å². The second kappa shape index (κ2) is 13.2. The zero-order valence-electron chi connectivity index (χ0n) is 23.3. The fraction of sp³-hybridized carbons (Fsp3) is 0.333. The van der Waals surface area contributed by atoms with Gasteiger partial charge in [-0.2, -0.15) is 0 Å². The van der Waals surface area contributed by atoms with Crippen LogP contribution in [-0.2, 0) is 32.6 Å². The number of halogens is 2. The van der Waals surface area contributed by atoms with Gasteiger partial charge in [-0.05, 0) is 68.7 Å². The number of aryl methyl sites for hydroxylation is 1. The highest BCUT2D eigenvalue weighted by Crippen LogP contribution is 2.27. The molecule has 3 aromatic carbocycles. The molecule has 3 rings (SSSR count). The first-order valence-corrected chi connectivity index (χ1v) is 15.8. The molecule has 0 heterocycles. The van der Waals surface area contributed by atoms with Gasteiger partial charge in [0.2, 0.25) is 21.8 Å². The fourth-order valence-electron chi connectivity index (χ4n) is 4.28. The maximum absolute atomic E-state index is 14.2. The van der Waals surface area contributed by atoms with E-state index in [-0.39, 0.29) is 18.9 Å².